The molecule has 0 atom stereocenters. The Hall–Kier alpha value is -3.78. The summed E-state index contributed by atoms with van der Waals surface area (Å²) >= 11 is 0. The number of benzene rings is 1. The van der Waals surface area contributed by atoms with E-state index in [1.165, 1.54) is 18.4 Å². The lowest BCUT2D eigenvalue weighted by molar-refractivity contribution is 0.102. The summed E-state index contributed by atoms with van der Waals surface area (Å²) in [5.74, 6) is 2.64. The molecule has 4 aromatic rings. The third kappa shape index (κ3) is 4.37. The summed E-state index contributed by atoms with van der Waals surface area (Å²) in [5, 5.41) is 12.8. The number of imidazole rings is 1. The number of hydrogen-bond donors (Lipinski definition) is 3. The number of carbonyl (C=O) groups is 1. The first-order valence-electron chi connectivity index (χ1n) is 12.2. The number of pyridine rings is 1. The van der Waals surface area contributed by atoms with Gasteiger partial charge in [0.15, 0.2) is 0 Å². The minimum Gasteiger partial charge on any atom is -0.393 e. The Morgan fingerprint density at radius 3 is 2.49 bits per heavy atom. The van der Waals surface area contributed by atoms with Gasteiger partial charge in [0, 0.05) is 29.4 Å². The molecule has 8 nitrogen and oxygen atoms in total. The van der Waals surface area contributed by atoms with Crippen molar-refractivity contribution in [1.82, 2.24) is 19.4 Å². The van der Waals surface area contributed by atoms with E-state index in [4.69, 9.17) is 5.73 Å². The van der Waals surface area contributed by atoms with Gasteiger partial charge in [-0.05, 0) is 74.3 Å². The highest BCUT2D eigenvalue weighted by Crippen LogP contribution is 2.40. The molecule has 2 saturated carbocycles. The first-order valence-corrected chi connectivity index (χ1v) is 12.2. The molecule has 35 heavy (non-hydrogen) atoms. The Kier molecular flexibility index (Phi) is 5.45. The second-order valence-corrected chi connectivity index (χ2v) is 9.67. The first-order chi connectivity index (χ1) is 17.0. The average Bonchev–Trinajstić information content (AvgIpc) is 3.64. The summed E-state index contributed by atoms with van der Waals surface area (Å²) in [6.45, 7) is 0. The van der Waals surface area contributed by atoms with Crippen molar-refractivity contribution in [2.45, 2.75) is 56.5 Å². The van der Waals surface area contributed by atoms with Crippen molar-refractivity contribution in [1.29, 1.82) is 0 Å². The molecular formula is C27H28N6O2. The SMILES string of the molecule is Nc1nc(-c2ccc(C(=O)Nc3cc(C4CC4)ccn3)cc2)cn2c(C3CCC(O)CC3)ncc12. The second-order valence-electron chi connectivity index (χ2n) is 9.67. The van der Waals surface area contributed by atoms with E-state index in [1.54, 1.807) is 24.5 Å². The fourth-order valence-corrected chi connectivity index (χ4v) is 4.98. The molecule has 1 amide bonds. The predicted molar refractivity (Wildman–Crippen MR) is 134 cm³/mol. The largest absolute Gasteiger partial charge is 0.393 e. The second kappa shape index (κ2) is 8.78. The summed E-state index contributed by atoms with van der Waals surface area (Å²) in [4.78, 5) is 26.3. The highest BCUT2D eigenvalue weighted by atomic mass is 16.3. The van der Waals surface area contributed by atoms with Gasteiger partial charge in [0.25, 0.3) is 5.91 Å². The number of aromatic nitrogens is 4. The van der Waals surface area contributed by atoms with Gasteiger partial charge >= 0.3 is 0 Å². The number of hydrogen-bond acceptors (Lipinski definition) is 6. The van der Waals surface area contributed by atoms with Gasteiger partial charge in [-0.2, -0.15) is 0 Å². The number of aliphatic hydroxyl groups excluding tert-OH is 1. The van der Waals surface area contributed by atoms with Crippen LogP contribution in [0.15, 0.2) is 55.0 Å². The van der Waals surface area contributed by atoms with Crippen LogP contribution in [-0.2, 0) is 0 Å². The Balaban J connectivity index is 1.23. The number of nitrogens with one attached hydrogen (secondary N) is 1. The minimum atomic E-state index is -0.214. The topological polar surface area (TPSA) is 118 Å². The van der Waals surface area contributed by atoms with Gasteiger partial charge in [-0.25, -0.2) is 15.0 Å². The van der Waals surface area contributed by atoms with Crippen LogP contribution in [0.3, 0.4) is 0 Å². The summed E-state index contributed by atoms with van der Waals surface area (Å²) in [5.41, 5.74) is 10.4. The van der Waals surface area contributed by atoms with Gasteiger partial charge in [-0.3, -0.25) is 9.20 Å². The zero-order valence-electron chi connectivity index (χ0n) is 19.4. The number of carbonyl (C=O) groups excluding carboxylic acids is 1. The van der Waals surface area contributed by atoms with Crippen LogP contribution in [-0.4, -0.2) is 36.5 Å². The molecule has 0 bridgehead atoms. The van der Waals surface area contributed by atoms with E-state index in [0.717, 1.165) is 48.3 Å². The monoisotopic (exact) mass is 468 g/mol. The predicted octanol–water partition coefficient (Wildman–Crippen LogP) is 4.52. The highest BCUT2D eigenvalue weighted by molar-refractivity contribution is 6.04. The molecule has 178 valence electrons. The maximum absolute atomic E-state index is 12.8. The van der Waals surface area contributed by atoms with Crippen LogP contribution < -0.4 is 11.1 Å². The fourth-order valence-electron chi connectivity index (χ4n) is 4.98. The summed E-state index contributed by atoms with van der Waals surface area (Å²) in [7, 11) is 0. The Labute approximate surface area is 203 Å². The molecule has 2 fully saturated rings. The van der Waals surface area contributed by atoms with Gasteiger partial charge in [-0.1, -0.05) is 12.1 Å². The highest BCUT2D eigenvalue weighted by Gasteiger charge is 2.25. The summed E-state index contributed by atoms with van der Waals surface area (Å²) in [6.07, 6.45) is 11.1. The molecular weight excluding hydrogens is 440 g/mol. The zero-order chi connectivity index (χ0) is 23.9. The van der Waals surface area contributed by atoms with Gasteiger partial charge in [-0.15, -0.1) is 0 Å². The van der Waals surface area contributed by atoms with E-state index < -0.39 is 0 Å². The molecule has 0 radical (unpaired) electrons. The van der Waals surface area contributed by atoms with Crippen LogP contribution in [0.25, 0.3) is 16.8 Å². The van der Waals surface area contributed by atoms with Gasteiger partial charge in [0.2, 0.25) is 0 Å². The Bertz CT molecular complexity index is 1380. The van der Waals surface area contributed by atoms with E-state index >= 15 is 0 Å². The molecule has 3 aromatic heterocycles. The molecule has 6 rings (SSSR count). The minimum absolute atomic E-state index is 0.198. The number of fused-ring (bicyclic) bond motifs is 1. The molecule has 1 aromatic carbocycles. The number of nitrogen functional groups attached to an aromatic ring is 1. The number of anilines is 2. The first kappa shape index (κ1) is 21.7. The van der Waals surface area contributed by atoms with Crippen molar-refractivity contribution in [3.8, 4) is 11.3 Å². The van der Waals surface area contributed by atoms with Crippen molar-refractivity contribution in [3.05, 3.63) is 71.9 Å². The smallest absolute Gasteiger partial charge is 0.256 e. The summed E-state index contributed by atoms with van der Waals surface area (Å²) < 4.78 is 2.03. The molecule has 2 aliphatic carbocycles. The molecule has 0 saturated heterocycles. The maximum atomic E-state index is 12.8. The third-order valence-electron chi connectivity index (χ3n) is 7.16. The molecule has 4 N–H and O–H groups in total. The van der Waals surface area contributed by atoms with Crippen molar-refractivity contribution < 1.29 is 9.90 Å². The lowest BCUT2D eigenvalue weighted by Gasteiger charge is -2.24. The van der Waals surface area contributed by atoms with Crippen molar-refractivity contribution in [2.24, 2.45) is 0 Å². The van der Waals surface area contributed by atoms with Crippen LogP contribution in [0.1, 0.15) is 72.1 Å². The van der Waals surface area contributed by atoms with Gasteiger partial charge in [0.05, 0.1) is 18.0 Å². The molecule has 0 spiro atoms. The normalized spacial score (nSPS) is 20.1. The third-order valence-corrected chi connectivity index (χ3v) is 7.16. The van der Waals surface area contributed by atoms with E-state index in [1.807, 2.05) is 34.9 Å². The van der Waals surface area contributed by atoms with E-state index in [-0.39, 0.29) is 17.9 Å². The van der Waals surface area contributed by atoms with Crippen LogP contribution in [0.5, 0.6) is 0 Å². The van der Waals surface area contributed by atoms with Gasteiger partial charge in [0.1, 0.15) is 23.0 Å². The lowest BCUT2D eigenvalue weighted by atomic mass is 9.87. The van der Waals surface area contributed by atoms with Crippen LogP contribution in [0, 0.1) is 0 Å². The number of nitrogens with two attached hydrogens (primary N) is 1. The molecule has 3 heterocycles. The van der Waals surface area contributed by atoms with E-state index in [9.17, 15) is 9.90 Å². The Morgan fingerprint density at radius 1 is 1.00 bits per heavy atom. The molecule has 0 aliphatic heterocycles. The van der Waals surface area contributed by atoms with Gasteiger partial charge < -0.3 is 16.2 Å². The number of nitrogens with zero attached hydrogens (tertiary/aromatic N) is 4. The lowest BCUT2D eigenvalue weighted by Crippen LogP contribution is -2.18. The summed E-state index contributed by atoms with van der Waals surface area (Å²) in [6, 6.07) is 11.3. The van der Waals surface area contributed by atoms with Crippen molar-refractivity contribution in [2.75, 3.05) is 11.1 Å². The van der Waals surface area contributed by atoms with Crippen LogP contribution in [0.4, 0.5) is 11.6 Å². The van der Waals surface area contributed by atoms with Crippen LogP contribution in [0.2, 0.25) is 0 Å². The quantitative estimate of drug-likeness (QED) is 0.396. The van der Waals surface area contributed by atoms with E-state index in [2.05, 4.69) is 20.3 Å². The van der Waals surface area contributed by atoms with Crippen LogP contribution >= 0.6 is 0 Å². The Morgan fingerprint density at radius 2 is 1.74 bits per heavy atom. The molecule has 2 aliphatic rings. The fraction of sp³-hybridized carbons (Fsp3) is 0.333. The van der Waals surface area contributed by atoms with E-state index in [0.29, 0.717) is 23.1 Å². The maximum Gasteiger partial charge on any atom is 0.256 e. The van der Waals surface area contributed by atoms with Crippen molar-refractivity contribution >= 4 is 23.1 Å². The zero-order valence-corrected chi connectivity index (χ0v) is 19.4. The molecule has 8 heteroatoms. The molecule has 0 unspecified atom stereocenters. The average molecular weight is 469 g/mol. The standard InChI is InChI=1S/C27H28N6O2/c28-25-23-14-30-26(18-7-9-21(34)10-8-18)33(23)15-22(31-25)17-3-5-19(6-4-17)27(35)32-24-13-20(11-12-29-24)16-1-2-16/h3-6,11-16,18,21,34H,1-2,7-10H2,(H2,28,31)(H,29,32,35). The van der Waals surface area contributed by atoms with Crippen molar-refractivity contribution in [3.63, 3.8) is 0 Å². The number of amides is 1. The number of aliphatic hydroxyl groups is 1. The number of rotatable bonds is 5.